The van der Waals surface area contributed by atoms with Crippen LogP contribution in [0.3, 0.4) is 0 Å². The van der Waals surface area contributed by atoms with E-state index in [9.17, 15) is 10.5 Å². The van der Waals surface area contributed by atoms with Crippen LogP contribution in [-0.2, 0) is 0 Å². The molecule has 0 unspecified atom stereocenters. The Morgan fingerprint density at radius 3 is 1.67 bits per heavy atom. The molecule has 0 bridgehead atoms. The SMILES string of the molecule is N#Cc1ccc(-c2ccc(-c3ccc(-n4c5ccccc5c5ccccc54)cc3)cc2)c(-n2c3ccc#cc3c3ccccc32)c1C#N. The number of aromatic nitrogens is 2. The van der Waals surface area contributed by atoms with Crippen molar-refractivity contribution in [2.45, 2.75) is 0 Å². The van der Waals surface area contributed by atoms with Crippen molar-refractivity contribution < 1.29 is 0 Å². The lowest BCUT2D eigenvalue weighted by Gasteiger charge is -2.17. The molecule has 0 radical (unpaired) electrons. The molecule has 9 aromatic rings. The zero-order valence-electron chi connectivity index (χ0n) is 25.6. The van der Waals surface area contributed by atoms with Crippen LogP contribution < -0.4 is 0 Å². The fourth-order valence-corrected chi connectivity index (χ4v) is 7.13. The molecule has 0 saturated carbocycles. The zero-order chi connectivity index (χ0) is 32.2. The van der Waals surface area contributed by atoms with Gasteiger partial charge in [0.25, 0.3) is 0 Å². The summed E-state index contributed by atoms with van der Waals surface area (Å²) in [7, 11) is 0. The largest absolute Gasteiger partial charge is 0.309 e. The minimum Gasteiger partial charge on any atom is -0.309 e. The summed E-state index contributed by atoms with van der Waals surface area (Å²) in [6.45, 7) is 0. The third kappa shape index (κ3) is 4.03. The second-order valence-electron chi connectivity index (χ2n) is 11.8. The highest BCUT2D eigenvalue weighted by atomic mass is 15.0. The van der Waals surface area contributed by atoms with Crippen molar-refractivity contribution in [3.63, 3.8) is 0 Å². The van der Waals surface area contributed by atoms with E-state index in [0.29, 0.717) is 16.8 Å². The van der Waals surface area contributed by atoms with Crippen molar-refractivity contribution in [3.8, 4) is 45.8 Å². The first-order chi connectivity index (χ1) is 23.7. The van der Waals surface area contributed by atoms with Crippen LogP contribution in [0, 0.1) is 34.8 Å². The van der Waals surface area contributed by atoms with Crippen LogP contribution in [0.4, 0.5) is 0 Å². The molecule has 0 atom stereocenters. The molecule has 4 nitrogen and oxygen atoms in total. The fourth-order valence-electron chi connectivity index (χ4n) is 7.13. The lowest BCUT2D eigenvalue weighted by molar-refractivity contribution is 1.16. The number of nitrogens with zero attached hydrogens (tertiary/aromatic N) is 4. The van der Waals surface area contributed by atoms with E-state index in [0.717, 1.165) is 49.7 Å². The van der Waals surface area contributed by atoms with Crippen LogP contribution in [0.15, 0.2) is 146 Å². The molecule has 2 aromatic heterocycles. The Morgan fingerprint density at radius 2 is 1.04 bits per heavy atom. The Morgan fingerprint density at radius 1 is 0.479 bits per heavy atom. The van der Waals surface area contributed by atoms with E-state index >= 15 is 0 Å². The van der Waals surface area contributed by atoms with E-state index in [1.54, 1.807) is 6.07 Å². The van der Waals surface area contributed by atoms with Gasteiger partial charge in [-0.15, -0.1) is 0 Å². The number of nitriles is 2. The van der Waals surface area contributed by atoms with Gasteiger partial charge in [-0.3, -0.25) is 0 Å². The van der Waals surface area contributed by atoms with Gasteiger partial charge in [0.1, 0.15) is 12.1 Å². The van der Waals surface area contributed by atoms with E-state index in [1.165, 1.54) is 21.8 Å². The Kier molecular flexibility index (Phi) is 6.13. The van der Waals surface area contributed by atoms with Gasteiger partial charge in [0.15, 0.2) is 0 Å². The van der Waals surface area contributed by atoms with E-state index in [1.807, 2.05) is 36.4 Å². The minimum absolute atomic E-state index is 0.341. The van der Waals surface area contributed by atoms with Crippen molar-refractivity contribution in [2.75, 3.05) is 0 Å². The predicted octanol–water partition coefficient (Wildman–Crippen LogP) is 10.6. The molecule has 220 valence electrons. The number of para-hydroxylation sites is 3. The highest BCUT2D eigenvalue weighted by Crippen LogP contribution is 2.39. The summed E-state index contributed by atoms with van der Waals surface area (Å²) in [5.74, 6) is 0. The lowest BCUT2D eigenvalue weighted by Crippen LogP contribution is -2.03. The molecule has 4 heteroatoms. The molecule has 0 fully saturated rings. The summed E-state index contributed by atoms with van der Waals surface area (Å²) in [4.78, 5) is 0. The Labute approximate surface area is 277 Å². The second-order valence-corrected chi connectivity index (χ2v) is 11.8. The van der Waals surface area contributed by atoms with Gasteiger partial charge < -0.3 is 9.13 Å². The van der Waals surface area contributed by atoms with Gasteiger partial charge in [-0.1, -0.05) is 109 Å². The average Bonchev–Trinajstić information content (AvgIpc) is 3.67. The van der Waals surface area contributed by atoms with Crippen LogP contribution in [-0.4, -0.2) is 9.13 Å². The monoisotopic (exact) mass is 608 g/mol. The van der Waals surface area contributed by atoms with E-state index in [-0.39, 0.29) is 0 Å². The summed E-state index contributed by atoms with van der Waals surface area (Å²) in [5.41, 5.74) is 10.7. The van der Waals surface area contributed by atoms with E-state index in [4.69, 9.17) is 0 Å². The van der Waals surface area contributed by atoms with Gasteiger partial charge in [0.2, 0.25) is 0 Å². The van der Waals surface area contributed by atoms with Gasteiger partial charge >= 0.3 is 0 Å². The van der Waals surface area contributed by atoms with Crippen molar-refractivity contribution in [2.24, 2.45) is 0 Å². The van der Waals surface area contributed by atoms with Gasteiger partial charge in [0, 0.05) is 27.4 Å². The molecule has 0 saturated heterocycles. The number of hydrogen-bond donors (Lipinski definition) is 0. The summed E-state index contributed by atoms with van der Waals surface area (Å²) in [5, 5.41) is 24.8. The quantitative estimate of drug-likeness (QED) is 0.200. The molecule has 9 rings (SSSR count). The number of benzene rings is 6. The minimum atomic E-state index is 0.341. The predicted molar refractivity (Wildman–Crippen MR) is 193 cm³/mol. The Bertz CT molecular complexity index is 2680. The van der Waals surface area contributed by atoms with Gasteiger partial charge in [-0.05, 0) is 65.2 Å². The molecule has 0 N–H and O–H groups in total. The van der Waals surface area contributed by atoms with E-state index in [2.05, 4.69) is 137 Å². The Balaban J connectivity index is 1.15. The normalized spacial score (nSPS) is 11.1. The smallest absolute Gasteiger partial charge is 0.103 e. The van der Waals surface area contributed by atoms with Gasteiger partial charge in [-0.25, -0.2) is 0 Å². The van der Waals surface area contributed by atoms with Gasteiger partial charge in [-0.2, -0.15) is 10.5 Å². The van der Waals surface area contributed by atoms with Crippen LogP contribution >= 0.6 is 0 Å². The van der Waals surface area contributed by atoms with Crippen LogP contribution in [0.25, 0.3) is 77.2 Å². The molecule has 48 heavy (non-hydrogen) atoms. The highest BCUT2D eigenvalue weighted by molar-refractivity contribution is 6.10. The first-order valence-corrected chi connectivity index (χ1v) is 15.7. The standard InChI is InChI=1S/C44H24N4/c45-27-32-23-26-34(44(39(32)28-46)48-42-15-7-3-11-37(42)38-12-4-8-16-43(38)48)31-19-17-29(18-20-31)30-21-24-33(25-22-30)47-40-13-5-1-9-35(40)36-10-2-6-14-41(36)47/h1-3,5-11,13-26H. The molecule has 0 aliphatic rings. The summed E-state index contributed by atoms with van der Waals surface area (Å²) >= 11 is 0. The fraction of sp³-hybridized carbons (Fsp3) is 0. The lowest BCUT2D eigenvalue weighted by atomic mass is 9.95. The second kappa shape index (κ2) is 10.8. The number of fused-ring (bicyclic) bond motifs is 6. The zero-order valence-corrected chi connectivity index (χ0v) is 25.6. The van der Waals surface area contributed by atoms with E-state index < -0.39 is 0 Å². The van der Waals surface area contributed by atoms with Crippen molar-refractivity contribution in [3.05, 3.63) is 169 Å². The number of rotatable bonds is 4. The van der Waals surface area contributed by atoms with Crippen LogP contribution in [0.5, 0.6) is 0 Å². The summed E-state index contributed by atoms with van der Waals surface area (Å²) in [6.07, 6.45) is 0. The average molecular weight is 609 g/mol. The molecule has 2 heterocycles. The van der Waals surface area contributed by atoms with Crippen molar-refractivity contribution in [1.29, 1.82) is 10.5 Å². The summed E-state index contributed by atoms with van der Waals surface area (Å²) in [6, 6.07) is 60.7. The highest BCUT2D eigenvalue weighted by Gasteiger charge is 2.21. The number of hydrogen-bond acceptors (Lipinski definition) is 2. The van der Waals surface area contributed by atoms with Crippen molar-refractivity contribution in [1.82, 2.24) is 9.13 Å². The molecule has 0 aliphatic carbocycles. The molecular weight excluding hydrogens is 585 g/mol. The molecule has 0 aliphatic heterocycles. The third-order valence-corrected chi connectivity index (χ3v) is 9.30. The maximum absolute atomic E-state index is 10.4. The first-order valence-electron chi connectivity index (χ1n) is 15.7. The molecule has 0 spiro atoms. The van der Waals surface area contributed by atoms with Crippen molar-refractivity contribution >= 4 is 43.6 Å². The molecule has 7 aromatic carbocycles. The molecular formula is C44H24N4. The van der Waals surface area contributed by atoms with Crippen LogP contribution in [0.1, 0.15) is 11.1 Å². The summed E-state index contributed by atoms with van der Waals surface area (Å²) < 4.78 is 4.41. The topological polar surface area (TPSA) is 57.4 Å². The first kappa shape index (κ1) is 27.3. The maximum Gasteiger partial charge on any atom is 0.103 e. The van der Waals surface area contributed by atoms with Gasteiger partial charge in [0.05, 0.1) is 44.3 Å². The third-order valence-electron chi connectivity index (χ3n) is 9.30. The van der Waals surface area contributed by atoms with Crippen LogP contribution in [0.2, 0.25) is 0 Å². The maximum atomic E-state index is 10.4. The Hall–Kier alpha value is -7.06. The molecule has 0 amide bonds.